The lowest BCUT2D eigenvalue weighted by atomic mass is 10.2. The maximum Gasteiger partial charge on any atom is 0.357 e. The number of nitrogens with zero attached hydrogens (tertiary/aromatic N) is 1. The number of hydrogen-bond donors (Lipinski definition) is 1. The van der Waals surface area contributed by atoms with Crippen molar-refractivity contribution in [1.29, 1.82) is 0 Å². The quantitative estimate of drug-likeness (QED) is 0.459. The number of anilines is 2. The number of halogens is 1. The minimum Gasteiger partial charge on any atom is -0.372 e. The van der Waals surface area contributed by atoms with Gasteiger partial charge < -0.3 is 19.3 Å². The first-order chi connectivity index (χ1) is 13.5. The van der Waals surface area contributed by atoms with E-state index in [1.54, 1.807) is 26.0 Å². The Kier molecular flexibility index (Phi) is 8.49. The summed E-state index contributed by atoms with van der Waals surface area (Å²) in [6.07, 6.45) is 0. The van der Waals surface area contributed by atoms with Crippen LogP contribution in [0.4, 0.5) is 15.8 Å². The molecular weight excluding hydrogens is 378 g/mol. The smallest absolute Gasteiger partial charge is 0.357 e. The molecule has 0 bridgehead atoms. The summed E-state index contributed by atoms with van der Waals surface area (Å²) in [5.74, 6) is -1.12. The average molecular weight is 408 g/mol. The Balaban J connectivity index is 2.43. The van der Waals surface area contributed by atoms with Gasteiger partial charge in [0.05, 0.1) is 13.2 Å². The molecule has 0 heterocycles. The minimum absolute atomic E-state index is 0.246. The standard InChI is InChI=1S/C21H30FN2O3P/c1-5-24(6-2)20-14-12-17(13-15-20)21(28(25,26-7-3)27-8-4)23-19-11-9-10-18(22)16-19/h9-16,21,23H,5-8H2,1-4H3. The van der Waals surface area contributed by atoms with Crippen molar-refractivity contribution in [3.63, 3.8) is 0 Å². The summed E-state index contributed by atoms with van der Waals surface area (Å²) in [7, 11) is -3.53. The Morgan fingerprint density at radius 1 is 1.00 bits per heavy atom. The number of hydrogen-bond acceptors (Lipinski definition) is 5. The van der Waals surface area contributed by atoms with E-state index in [-0.39, 0.29) is 19.0 Å². The van der Waals surface area contributed by atoms with E-state index in [1.165, 1.54) is 12.1 Å². The molecule has 0 aromatic heterocycles. The van der Waals surface area contributed by atoms with E-state index in [0.717, 1.165) is 24.3 Å². The van der Waals surface area contributed by atoms with Crippen LogP contribution in [0.5, 0.6) is 0 Å². The van der Waals surface area contributed by atoms with Gasteiger partial charge in [-0.2, -0.15) is 0 Å². The van der Waals surface area contributed by atoms with Crippen LogP contribution in [0.2, 0.25) is 0 Å². The fourth-order valence-electron chi connectivity index (χ4n) is 3.08. The summed E-state index contributed by atoms with van der Waals surface area (Å²) in [5, 5.41) is 3.16. The highest BCUT2D eigenvalue weighted by molar-refractivity contribution is 7.54. The molecule has 0 aliphatic rings. The Morgan fingerprint density at radius 2 is 1.61 bits per heavy atom. The maximum absolute atomic E-state index is 13.7. The van der Waals surface area contributed by atoms with E-state index in [0.29, 0.717) is 5.69 Å². The number of rotatable bonds is 11. The fourth-order valence-corrected chi connectivity index (χ4v) is 5.02. The summed E-state index contributed by atoms with van der Waals surface area (Å²) in [5.41, 5.74) is 2.35. The van der Waals surface area contributed by atoms with Gasteiger partial charge in [0.25, 0.3) is 0 Å². The van der Waals surface area contributed by atoms with Gasteiger partial charge in [-0.3, -0.25) is 4.57 Å². The molecular formula is C21H30FN2O3P. The molecule has 154 valence electrons. The molecule has 0 amide bonds. The molecule has 0 saturated heterocycles. The Hall–Kier alpha value is -1.88. The molecule has 0 spiro atoms. The van der Waals surface area contributed by atoms with Gasteiger partial charge in [0.1, 0.15) is 5.82 Å². The summed E-state index contributed by atoms with van der Waals surface area (Å²) in [6, 6.07) is 13.9. The van der Waals surface area contributed by atoms with Gasteiger partial charge in [-0.25, -0.2) is 4.39 Å². The van der Waals surface area contributed by atoms with Crippen LogP contribution in [0, 0.1) is 5.82 Å². The third-order valence-electron chi connectivity index (χ3n) is 4.40. The largest absolute Gasteiger partial charge is 0.372 e. The summed E-state index contributed by atoms with van der Waals surface area (Å²) in [6.45, 7) is 10.0. The van der Waals surface area contributed by atoms with Crippen molar-refractivity contribution < 1.29 is 18.0 Å². The highest BCUT2D eigenvalue weighted by atomic mass is 31.2. The maximum atomic E-state index is 13.7. The van der Waals surface area contributed by atoms with E-state index in [4.69, 9.17) is 9.05 Å². The van der Waals surface area contributed by atoms with Gasteiger partial charge in [-0.15, -0.1) is 0 Å². The summed E-state index contributed by atoms with van der Waals surface area (Å²) in [4.78, 5) is 2.23. The highest BCUT2D eigenvalue weighted by Gasteiger charge is 2.37. The second-order valence-electron chi connectivity index (χ2n) is 6.20. The monoisotopic (exact) mass is 408 g/mol. The van der Waals surface area contributed by atoms with Crippen molar-refractivity contribution in [3.05, 3.63) is 59.9 Å². The van der Waals surface area contributed by atoms with E-state index in [2.05, 4.69) is 24.1 Å². The van der Waals surface area contributed by atoms with Crippen LogP contribution < -0.4 is 10.2 Å². The van der Waals surface area contributed by atoms with Gasteiger partial charge in [0, 0.05) is 24.5 Å². The van der Waals surface area contributed by atoms with E-state index in [9.17, 15) is 8.96 Å². The average Bonchev–Trinajstić information content (AvgIpc) is 2.68. The van der Waals surface area contributed by atoms with E-state index >= 15 is 0 Å². The van der Waals surface area contributed by atoms with Crippen molar-refractivity contribution in [2.24, 2.45) is 0 Å². The Labute approximate surface area is 167 Å². The molecule has 1 N–H and O–H groups in total. The molecule has 0 aliphatic heterocycles. The molecule has 0 radical (unpaired) electrons. The first-order valence-electron chi connectivity index (χ1n) is 9.73. The van der Waals surface area contributed by atoms with Crippen molar-refractivity contribution >= 4 is 19.0 Å². The molecule has 0 saturated carbocycles. The first kappa shape index (κ1) is 22.4. The third-order valence-corrected chi connectivity index (χ3v) is 6.70. The Bertz CT molecular complexity index is 771. The molecule has 7 heteroatoms. The molecule has 28 heavy (non-hydrogen) atoms. The second kappa shape index (κ2) is 10.6. The SMILES string of the molecule is CCOP(=O)(OCC)C(Nc1cccc(F)c1)c1ccc(N(CC)CC)cc1. The fraction of sp³-hybridized carbons (Fsp3) is 0.429. The number of benzene rings is 2. The predicted octanol–water partition coefficient (Wildman–Crippen LogP) is 6.05. The van der Waals surface area contributed by atoms with Crippen LogP contribution in [0.25, 0.3) is 0 Å². The molecule has 2 rings (SSSR count). The van der Waals surface area contributed by atoms with Gasteiger partial charge in [0.2, 0.25) is 0 Å². The zero-order chi connectivity index (χ0) is 20.6. The molecule has 2 aromatic rings. The van der Waals surface area contributed by atoms with Crippen LogP contribution >= 0.6 is 7.60 Å². The van der Waals surface area contributed by atoms with Crippen molar-refractivity contribution in [3.8, 4) is 0 Å². The first-order valence-corrected chi connectivity index (χ1v) is 11.3. The van der Waals surface area contributed by atoms with Crippen LogP contribution in [-0.4, -0.2) is 26.3 Å². The van der Waals surface area contributed by atoms with Gasteiger partial charge >= 0.3 is 7.60 Å². The summed E-state index contributed by atoms with van der Waals surface area (Å²) >= 11 is 0. The molecule has 2 aromatic carbocycles. The lowest BCUT2D eigenvalue weighted by molar-refractivity contribution is 0.214. The van der Waals surface area contributed by atoms with Crippen LogP contribution in [0.3, 0.4) is 0 Å². The van der Waals surface area contributed by atoms with E-state index in [1.807, 2.05) is 24.3 Å². The zero-order valence-electron chi connectivity index (χ0n) is 17.0. The lowest BCUT2D eigenvalue weighted by Gasteiger charge is -2.29. The molecule has 0 aliphatic carbocycles. The Morgan fingerprint density at radius 3 is 2.11 bits per heavy atom. The zero-order valence-corrected chi connectivity index (χ0v) is 17.9. The minimum atomic E-state index is -3.53. The van der Waals surface area contributed by atoms with Crippen LogP contribution in [0.15, 0.2) is 48.5 Å². The van der Waals surface area contributed by atoms with Gasteiger partial charge in [-0.1, -0.05) is 18.2 Å². The molecule has 1 unspecified atom stereocenters. The van der Waals surface area contributed by atoms with Crippen molar-refractivity contribution in [2.75, 3.05) is 36.5 Å². The molecule has 5 nitrogen and oxygen atoms in total. The second-order valence-corrected chi connectivity index (χ2v) is 8.31. The van der Waals surface area contributed by atoms with Gasteiger partial charge in [0.15, 0.2) is 5.78 Å². The van der Waals surface area contributed by atoms with Gasteiger partial charge in [-0.05, 0) is 63.6 Å². The van der Waals surface area contributed by atoms with Crippen molar-refractivity contribution in [1.82, 2.24) is 0 Å². The topological polar surface area (TPSA) is 50.8 Å². The number of nitrogens with one attached hydrogen (secondary N) is 1. The molecule has 0 fully saturated rings. The van der Waals surface area contributed by atoms with Crippen molar-refractivity contribution in [2.45, 2.75) is 33.5 Å². The highest BCUT2D eigenvalue weighted by Crippen LogP contribution is 2.60. The predicted molar refractivity (Wildman–Crippen MR) is 114 cm³/mol. The third kappa shape index (κ3) is 5.57. The lowest BCUT2D eigenvalue weighted by Crippen LogP contribution is -2.22. The summed E-state index contributed by atoms with van der Waals surface area (Å²) < 4.78 is 38.3. The van der Waals surface area contributed by atoms with Crippen LogP contribution in [0.1, 0.15) is 39.0 Å². The normalized spacial score (nSPS) is 12.6. The van der Waals surface area contributed by atoms with E-state index < -0.39 is 13.4 Å². The van der Waals surface area contributed by atoms with Crippen LogP contribution in [-0.2, 0) is 13.6 Å². The molecule has 1 atom stereocenters.